The molecule has 5 nitrogen and oxygen atoms in total. The molecule has 0 aliphatic carbocycles. The van der Waals surface area contributed by atoms with Crippen molar-refractivity contribution < 1.29 is 9.18 Å². The van der Waals surface area contributed by atoms with Gasteiger partial charge in [-0.2, -0.15) is 0 Å². The molecule has 0 saturated carbocycles. The molecule has 0 bridgehead atoms. The van der Waals surface area contributed by atoms with Crippen LogP contribution in [0.1, 0.15) is 18.5 Å². The van der Waals surface area contributed by atoms with Gasteiger partial charge in [0.05, 0.1) is 17.5 Å². The summed E-state index contributed by atoms with van der Waals surface area (Å²) in [5.74, 6) is -0.203. The van der Waals surface area contributed by atoms with Crippen molar-refractivity contribution in [1.29, 1.82) is 0 Å². The Morgan fingerprint density at radius 2 is 1.88 bits per heavy atom. The van der Waals surface area contributed by atoms with Crippen molar-refractivity contribution in [1.82, 2.24) is 19.7 Å². The van der Waals surface area contributed by atoms with E-state index >= 15 is 0 Å². The van der Waals surface area contributed by atoms with Crippen LogP contribution in [0.15, 0.2) is 66.1 Å². The first-order valence-corrected chi connectivity index (χ1v) is 9.15. The molecule has 1 aromatic heterocycles. The first kappa shape index (κ1) is 18.1. The van der Waals surface area contributed by atoms with Gasteiger partial charge in [0.1, 0.15) is 12.1 Å². The van der Waals surface area contributed by atoms with Gasteiger partial charge in [-0.15, -0.1) is 10.2 Å². The Labute approximate surface area is 155 Å². The van der Waals surface area contributed by atoms with Crippen LogP contribution in [0.25, 0.3) is 5.69 Å². The number of rotatable bonds is 6. The molecule has 0 aliphatic rings. The van der Waals surface area contributed by atoms with Crippen LogP contribution in [-0.4, -0.2) is 38.4 Å². The molecule has 0 N–H and O–H groups in total. The highest BCUT2D eigenvalue weighted by Gasteiger charge is 2.19. The number of hydrogen-bond acceptors (Lipinski definition) is 4. The maximum atomic E-state index is 14.0. The molecule has 3 aromatic rings. The van der Waals surface area contributed by atoms with E-state index in [0.29, 0.717) is 10.8 Å². The van der Waals surface area contributed by atoms with Crippen molar-refractivity contribution >= 4 is 17.7 Å². The summed E-state index contributed by atoms with van der Waals surface area (Å²) in [7, 11) is 1.78. The molecule has 7 heteroatoms. The van der Waals surface area contributed by atoms with Crippen LogP contribution < -0.4 is 0 Å². The summed E-state index contributed by atoms with van der Waals surface area (Å²) >= 11 is 1.24. The van der Waals surface area contributed by atoms with Gasteiger partial charge < -0.3 is 4.90 Å². The molecule has 1 atom stereocenters. The molecular formula is C19H19FN4OS. The van der Waals surface area contributed by atoms with E-state index in [1.54, 1.807) is 34.7 Å². The molecule has 134 valence electrons. The minimum Gasteiger partial charge on any atom is -0.338 e. The van der Waals surface area contributed by atoms with E-state index in [9.17, 15) is 9.18 Å². The fraction of sp³-hybridized carbons (Fsp3) is 0.211. The van der Waals surface area contributed by atoms with Crippen LogP contribution in [-0.2, 0) is 4.79 Å². The predicted molar refractivity (Wildman–Crippen MR) is 99.7 cm³/mol. The first-order chi connectivity index (χ1) is 12.6. The maximum absolute atomic E-state index is 14.0. The standard InChI is InChI=1S/C19H19FN4OS/c1-14(15-8-4-3-5-9-15)23(2)18(25)12-26-19-22-21-13-24(19)17-11-7-6-10-16(17)20/h3-11,13-14H,12H2,1-2H3/t14-/m0/s1. The van der Waals surface area contributed by atoms with Gasteiger partial charge in [0, 0.05) is 7.05 Å². The van der Waals surface area contributed by atoms with Crippen molar-refractivity contribution in [3.8, 4) is 5.69 Å². The zero-order chi connectivity index (χ0) is 18.5. The molecule has 2 aromatic carbocycles. The Balaban J connectivity index is 1.67. The van der Waals surface area contributed by atoms with Crippen LogP contribution in [0.4, 0.5) is 4.39 Å². The highest BCUT2D eigenvalue weighted by Crippen LogP contribution is 2.23. The number of carbonyl (C=O) groups excluding carboxylic acids is 1. The topological polar surface area (TPSA) is 51.0 Å². The van der Waals surface area contributed by atoms with Gasteiger partial charge in [-0.1, -0.05) is 54.2 Å². The van der Waals surface area contributed by atoms with Gasteiger partial charge in [0.2, 0.25) is 5.91 Å². The zero-order valence-electron chi connectivity index (χ0n) is 14.5. The van der Waals surface area contributed by atoms with Gasteiger partial charge in [-0.05, 0) is 24.6 Å². The number of para-hydroxylation sites is 1. The van der Waals surface area contributed by atoms with Gasteiger partial charge in [0.25, 0.3) is 0 Å². The molecule has 0 radical (unpaired) electrons. The maximum Gasteiger partial charge on any atom is 0.233 e. The second kappa shape index (κ2) is 8.14. The number of aromatic nitrogens is 3. The van der Waals surface area contributed by atoms with Crippen LogP contribution in [0.2, 0.25) is 0 Å². The van der Waals surface area contributed by atoms with Gasteiger partial charge in [-0.3, -0.25) is 9.36 Å². The van der Waals surface area contributed by atoms with Crippen LogP contribution in [0.3, 0.4) is 0 Å². The molecule has 0 unspecified atom stereocenters. The second-order valence-corrected chi connectivity index (χ2v) is 6.76. The van der Waals surface area contributed by atoms with Crippen LogP contribution >= 0.6 is 11.8 Å². The number of halogens is 1. The molecule has 1 amide bonds. The van der Waals surface area contributed by atoms with Crippen molar-refractivity contribution in [2.45, 2.75) is 18.1 Å². The Hall–Kier alpha value is -2.67. The number of nitrogens with zero attached hydrogens (tertiary/aromatic N) is 4. The van der Waals surface area contributed by atoms with E-state index in [0.717, 1.165) is 5.56 Å². The lowest BCUT2D eigenvalue weighted by molar-refractivity contribution is -0.128. The summed E-state index contributed by atoms with van der Waals surface area (Å²) < 4.78 is 15.5. The molecule has 0 saturated heterocycles. The molecule has 3 rings (SSSR count). The fourth-order valence-corrected chi connectivity index (χ4v) is 3.38. The summed E-state index contributed by atoms with van der Waals surface area (Å²) in [5, 5.41) is 8.33. The third kappa shape index (κ3) is 3.94. The lowest BCUT2D eigenvalue weighted by atomic mass is 10.1. The van der Waals surface area contributed by atoms with Gasteiger partial charge in [-0.25, -0.2) is 4.39 Å². The number of amides is 1. The Morgan fingerprint density at radius 1 is 1.19 bits per heavy atom. The largest absolute Gasteiger partial charge is 0.338 e. The Bertz CT molecular complexity index is 884. The Kier molecular flexibility index (Phi) is 5.68. The van der Waals surface area contributed by atoms with Crippen LogP contribution in [0.5, 0.6) is 0 Å². The predicted octanol–water partition coefficient (Wildman–Crippen LogP) is 3.72. The minimum absolute atomic E-state index is 0.0329. The van der Waals surface area contributed by atoms with E-state index in [4.69, 9.17) is 0 Å². The second-order valence-electron chi connectivity index (χ2n) is 5.81. The zero-order valence-corrected chi connectivity index (χ0v) is 15.4. The average molecular weight is 370 g/mol. The molecule has 26 heavy (non-hydrogen) atoms. The third-order valence-corrected chi connectivity index (χ3v) is 5.14. The SMILES string of the molecule is C[C@@H](c1ccccc1)N(C)C(=O)CSc1nncn1-c1ccccc1F. The lowest BCUT2D eigenvalue weighted by Crippen LogP contribution is -2.31. The summed E-state index contributed by atoms with van der Waals surface area (Å²) in [6.45, 7) is 1.99. The summed E-state index contributed by atoms with van der Waals surface area (Å²) in [5.41, 5.74) is 1.43. The van der Waals surface area contributed by atoms with Crippen molar-refractivity contribution in [2.75, 3.05) is 12.8 Å². The van der Waals surface area contributed by atoms with Crippen molar-refractivity contribution in [3.63, 3.8) is 0 Å². The van der Waals surface area contributed by atoms with Gasteiger partial charge >= 0.3 is 0 Å². The average Bonchev–Trinajstić information content (AvgIpc) is 3.14. The highest BCUT2D eigenvalue weighted by molar-refractivity contribution is 7.99. The molecule has 1 heterocycles. The molecule has 0 aliphatic heterocycles. The van der Waals surface area contributed by atoms with E-state index in [1.165, 1.54) is 24.2 Å². The first-order valence-electron chi connectivity index (χ1n) is 8.16. The van der Waals surface area contributed by atoms with Gasteiger partial charge in [0.15, 0.2) is 5.16 Å². The van der Waals surface area contributed by atoms with Crippen molar-refractivity contribution in [2.24, 2.45) is 0 Å². The van der Waals surface area contributed by atoms with Crippen LogP contribution in [0, 0.1) is 5.82 Å². The summed E-state index contributed by atoms with van der Waals surface area (Å²) in [4.78, 5) is 14.2. The number of thioether (sulfide) groups is 1. The monoisotopic (exact) mass is 370 g/mol. The molecular weight excluding hydrogens is 351 g/mol. The summed E-state index contributed by atoms with van der Waals surface area (Å²) in [6.07, 6.45) is 1.45. The normalized spacial score (nSPS) is 12.0. The minimum atomic E-state index is -0.365. The quantitative estimate of drug-likeness (QED) is 0.621. The Morgan fingerprint density at radius 3 is 2.62 bits per heavy atom. The molecule has 0 spiro atoms. The fourth-order valence-electron chi connectivity index (χ4n) is 2.53. The summed E-state index contributed by atoms with van der Waals surface area (Å²) in [6, 6.07) is 16.2. The third-order valence-electron chi connectivity index (χ3n) is 4.21. The smallest absolute Gasteiger partial charge is 0.233 e. The lowest BCUT2D eigenvalue weighted by Gasteiger charge is -2.25. The number of benzene rings is 2. The van der Waals surface area contributed by atoms with E-state index in [-0.39, 0.29) is 23.5 Å². The highest BCUT2D eigenvalue weighted by atomic mass is 32.2. The van der Waals surface area contributed by atoms with Crippen molar-refractivity contribution in [3.05, 3.63) is 72.3 Å². The number of carbonyl (C=O) groups is 1. The molecule has 0 fully saturated rings. The number of hydrogen-bond donors (Lipinski definition) is 0. The van der Waals surface area contributed by atoms with E-state index < -0.39 is 0 Å². The van der Waals surface area contributed by atoms with E-state index in [1.807, 2.05) is 37.3 Å². The van der Waals surface area contributed by atoms with E-state index in [2.05, 4.69) is 10.2 Å².